The van der Waals surface area contributed by atoms with E-state index in [-0.39, 0.29) is 34.2 Å². The van der Waals surface area contributed by atoms with Crippen molar-refractivity contribution in [3.05, 3.63) is 44.6 Å². The molecule has 0 saturated carbocycles. The zero-order valence-corrected chi connectivity index (χ0v) is 20.8. The average Bonchev–Trinajstić information content (AvgIpc) is 2.76. The van der Waals surface area contributed by atoms with Crippen LogP contribution >= 0.6 is 0 Å². The summed E-state index contributed by atoms with van der Waals surface area (Å²) in [4.78, 5) is 43.5. The number of hydrogen-bond donors (Lipinski definition) is 3. The number of rotatable bonds is 8. The van der Waals surface area contributed by atoms with Crippen molar-refractivity contribution in [3.63, 3.8) is 0 Å². The maximum atomic E-state index is 13.1. The predicted octanol–water partition coefficient (Wildman–Crippen LogP) is 4.04. The molecule has 2 amide bonds. The Balaban J connectivity index is 2.19. The molecule has 0 radical (unpaired) electrons. The van der Waals surface area contributed by atoms with Crippen molar-refractivity contribution in [1.29, 1.82) is 0 Å². The molecule has 1 heterocycles. The Hall–Kier alpha value is -3.42. The van der Waals surface area contributed by atoms with Gasteiger partial charge in [-0.3, -0.25) is 14.4 Å². The molecule has 2 aliphatic rings. The Morgan fingerprint density at radius 2 is 1.59 bits per heavy atom. The van der Waals surface area contributed by atoms with E-state index in [0.717, 1.165) is 18.4 Å². The summed E-state index contributed by atoms with van der Waals surface area (Å²) in [7, 11) is 0. The molecule has 8 heteroatoms. The van der Waals surface area contributed by atoms with Crippen LogP contribution in [0.2, 0.25) is 0 Å². The highest BCUT2D eigenvalue weighted by Gasteiger charge is 2.28. The van der Waals surface area contributed by atoms with Crippen LogP contribution in [0.5, 0.6) is 0 Å². The lowest BCUT2D eigenvalue weighted by molar-refractivity contribution is 0.0945. The molecule has 182 valence electrons. The number of carbonyl (C=O) groups excluding carboxylic acids is 2. The maximum absolute atomic E-state index is 13.1. The normalized spacial score (nSPS) is 11.5. The topological polar surface area (TPSA) is 127 Å². The van der Waals surface area contributed by atoms with Crippen molar-refractivity contribution < 1.29 is 14.0 Å². The van der Waals surface area contributed by atoms with Gasteiger partial charge in [0, 0.05) is 18.7 Å². The third kappa shape index (κ3) is 5.05. The van der Waals surface area contributed by atoms with Gasteiger partial charge in [-0.25, -0.2) is 4.98 Å². The average molecular weight is 467 g/mol. The van der Waals surface area contributed by atoms with Crippen molar-refractivity contribution in [3.8, 4) is 11.5 Å². The second kappa shape index (κ2) is 10.2. The van der Waals surface area contributed by atoms with Crippen LogP contribution in [0.1, 0.15) is 72.4 Å². The predicted molar refractivity (Wildman–Crippen MR) is 134 cm³/mol. The van der Waals surface area contributed by atoms with Gasteiger partial charge in [0.1, 0.15) is 11.2 Å². The molecular formula is C26H34N4O4. The first-order chi connectivity index (χ1) is 16.0. The van der Waals surface area contributed by atoms with Gasteiger partial charge in [0.25, 0.3) is 11.8 Å². The van der Waals surface area contributed by atoms with E-state index in [1.807, 2.05) is 6.92 Å². The van der Waals surface area contributed by atoms with Crippen molar-refractivity contribution in [2.24, 2.45) is 11.8 Å². The lowest BCUT2D eigenvalue weighted by atomic mass is 9.99. The van der Waals surface area contributed by atoms with Gasteiger partial charge < -0.3 is 20.8 Å². The van der Waals surface area contributed by atoms with Gasteiger partial charge in [-0.15, -0.1) is 0 Å². The van der Waals surface area contributed by atoms with Crippen molar-refractivity contribution >= 4 is 28.6 Å². The summed E-state index contributed by atoms with van der Waals surface area (Å²) in [6.07, 6.45) is 1.62. The lowest BCUT2D eigenvalue weighted by Gasteiger charge is -2.17. The third-order valence-corrected chi connectivity index (χ3v) is 5.89. The van der Waals surface area contributed by atoms with E-state index in [1.54, 1.807) is 19.1 Å². The number of nitrogen functional groups attached to an aromatic ring is 1. The number of amides is 2. The summed E-state index contributed by atoms with van der Waals surface area (Å²) in [6.45, 7) is 12.7. The highest BCUT2D eigenvalue weighted by Crippen LogP contribution is 2.34. The molecule has 1 aliphatic heterocycles. The molecule has 0 saturated heterocycles. The van der Waals surface area contributed by atoms with Gasteiger partial charge in [-0.2, -0.15) is 0 Å². The van der Waals surface area contributed by atoms with Crippen LogP contribution < -0.4 is 21.8 Å². The minimum atomic E-state index is -0.488. The van der Waals surface area contributed by atoms with Gasteiger partial charge in [0.15, 0.2) is 11.3 Å². The Morgan fingerprint density at radius 3 is 2.18 bits per heavy atom. The first kappa shape index (κ1) is 25.2. The van der Waals surface area contributed by atoms with E-state index >= 15 is 0 Å². The molecule has 0 atom stereocenters. The lowest BCUT2D eigenvalue weighted by Crippen LogP contribution is -2.30. The number of carbonyl (C=O) groups is 2. The fraction of sp³-hybridized carbons (Fsp3) is 0.462. The number of nitrogens with two attached hydrogens (primary N) is 1. The summed E-state index contributed by atoms with van der Waals surface area (Å²) in [5.41, 5.74) is 7.70. The first-order valence-corrected chi connectivity index (χ1v) is 11.8. The van der Waals surface area contributed by atoms with E-state index in [0.29, 0.717) is 41.6 Å². The molecule has 0 unspecified atom stereocenters. The Morgan fingerprint density at radius 1 is 1.00 bits per heavy atom. The quantitative estimate of drug-likeness (QED) is 0.340. The van der Waals surface area contributed by atoms with Gasteiger partial charge >= 0.3 is 0 Å². The van der Waals surface area contributed by atoms with E-state index in [9.17, 15) is 14.4 Å². The second-order valence-corrected chi connectivity index (χ2v) is 9.62. The summed E-state index contributed by atoms with van der Waals surface area (Å²) >= 11 is 0. The first-order valence-electron chi connectivity index (χ1n) is 11.8. The molecule has 3 rings (SSSR count). The largest absolute Gasteiger partial charge is 0.452 e. The van der Waals surface area contributed by atoms with Crippen LogP contribution in [0.3, 0.4) is 0 Å². The number of nitrogens with one attached hydrogen (secondary N) is 2. The zero-order chi connectivity index (χ0) is 25.2. The molecule has 34 heavy (non-hydrogen) atoms. The van der Waals surface area contributed by atoms with Crippen LogP contribution in [0.15, 0.2) is 21.3 Å². The van der Waals surface area contributed by atoms with Crippen LogP contribution in [-0.4, -0.2) is 29.9 Å². The fourth-order valence-corrected chi connectivity index (χ4v) is 3.74. The van der Waals surface area contributed by atoms with Gasteiger partial charge in [0.05, 0.1) is 16.8 Å². The number of aromatic nitrogens is 1. The smallest absolute Gasteiger partial charge is 0.255 e. The van der Waals surface area contributed by atoms with E-state index in [2.05, 4.69) is 38.3 Å². The second-order valence-electron chi connectivity index (χ2n) is 9.62. The van der Waals surface area contributed by atoms with Gasteiger partial charge in [0.2, 0.25) is 5.43 Å². The van der Waals surface area contributed by atoms with Crippen LogP contribution in [0.25, 0.3) is 22.6 Å². The van der Waals surface area contributed by atoms with Crippen molar-refractivity contribution in [1.82, 2.24) is 15.6 Å². The number of nitrogens with zero attached hydrogens (tertiary/aromatic N) is 1. The van der Waals surface area contributed by atoms with E-state index in [4.69, 9.17) is 15.1 Å². The van der Waals surface area contributed by atoms with Gasteiger partial charge in [-0.1, -0.05) is 33.8 Å². The Kier molecular flexibility index (Phi) is 7.59. The van der Waals surface area contributed by atoms with Crippen molar-refractivity contribution in [2.75, 3.05) is 18.8 Å². The summed E-state index contributed by atoms with van der Waals surface area (Å²) < 4.78 is 6.13. The van der Waals surface area contributed by atoms with Crippen molar-refractivity contribution in [2.45, 2.75) is 54.4 Å². The molecule has 0 fully saturated rings. The summed E-state index contributed by atoms with van der Waals surface area (Å²) in [5, 5.41) is 5.75. The molecule has 4 N–H and O–H groups in total. The Bertz CT molecular complexity index is 1260. The van der Waals surface area contributed by atoms with Gasteiger partial charge in [-0.05, 0) is 50.2 Å². The number of benzene rings is 2. The highest BCUT2D eigenvalue weighted by atomic mass is 16.3. The zero-order valence-electron chi connectivity index (χ0n) is 20.8. The highest BCUT2D eigenvalue weighted by molar-refractivity contribution is 6.08. The molecule has 1 aliphatic carbocycles. The molecule has 0 bridgehead atoms. The Labute approximate surface area is 199 Å². The standard InChI is InChI=1S/C26H34N4O4/c1-13(2)9-11-28-25(32)17-8-7-15(5)23-20(17)30-21-18(26(33)29-12-10-14(3)4)19(27)22(31)16(6)24(21)34-23/h7-8,13-14H,9-12,27H2,1-6H3,(H,28,32)(H,29,33). The summed E-state index contributed by atoms with van der Waals surface area (Å²) in [6, 6.07) is 3.47. The molecule has 0 aromatic heterocycles. The minimum absolute atomic E-state index is 0.0207. The SMILES string of the molecule is Cc1c2oc3c(C)ccc(C(=O)NCCC(C)C)c3nc-2c(C(=O)NCCC(C)C)c(N)c1=O. The van der Waals surface area contributed by atoms with Crippen LogP contribution in [-0.2, 0) is 0 Å². The number of aryl methyl sites for hydroxylation is 1. The number of anilines is 1. The van der Waals surface area contributed by atoms with E-state index in [1.165, 1.54) is 0 Å². The maximum Gasteiger partial charge on any atom is 0.255 e. The van der Waals surface area contributed by atoms with Crippen LogP contribution in [0, 0.1) is 25.7 Å². The fourth-order valence-electron chi connectivity index (χ4n) is 3.74. The third-order valence-electron chi connectivity index (χ3n) is 5.89. The van der Waals surface area contributed by atoms with E-state index < -0.39 is 11.3 Å². The number of hydrogen-bond acceptors (Lipinski definition) is 6. The summed E-state index contributed by atoms with van der Waals surface area (Å²) in [5.74, 6) is 0.287. The van der Waals surface area contributed by atoms with Crippen LogP contribution in [0.4, 0.5) is 5.69 Å². The number of fused-ring (bicyclic) bond motifs is 2. The molecule has 1 aromatic carbocycles. The minimum Gasteiger partial charge on any atom is -0.452 e. The molecule has 1 aromatic rings. The molecule has 0 spiro atoms. The molecule has 8 nitrogen and oxygen atoms in total. The molecular weight excluding hydrogens is 432 g/mol. The monoisotopic (exact) mass is 466 g/mol.